The fraction of sp³-hybridized carbons (Fsp3) is 0.828. The molecule has 0 aliphatic rings. The van der Waals surface area contributed by atoms with Gasteiger partial charge in [-0.1, -0.05) is 122 Å². The molecular weight excluding hydrogens is 1640 g/mol. The van der Waals surface area contributed by atoms with Gasteiger partial charge >= 0.3 is 247 Å². The molecule has 0 saturated carbocycles. The monoisotopic (exact) mass is 1800 g/mol. The smallest absolute Gasteiger partial charge is 0.303 e. The van der Waals surface area contributed by atoms with E-state index in [4.69, 9.17) is 57.0 Å². The maximum atomic E-state index is 14.1. The molecule has 0 aliphatic carbocycles. The fourth-order valence-electron chi connectivity index (χ4n) is 13.6. The standard InChI is InChI=1S/C66H109N5O25.C21H48B3N3O3/c1-12-67-56(82)34-32-30-28-26-24-22-20-18-16-14-13-15-17-19-21-23-25-27-29-31-33-37-68-57(83)35-36-58(84)71(40-38-69-65(85)63(95-52(10)80)61(93-50(8)78)59(91-48(6)76)54(89-46(4)74)42-87-44(2)72)41-39-70-66(86)64(96-53(11)81)62(94-51(9)79)60(92-49(7)77)55(90-47(5)75)43-88-45(3)73;1-4-5-6-10-15-21(16-11-7-8-12-17-26-23(2)28)20-25-22-30-19-14-9-13-18-27-24(3)29/h54-55,59-64H,12-43H2,1-11H3,(H,67,82)(H,68,83)(H,69,85)(H,70,86);21,26-29H,4-20H2,1-3H3/t54-,55+,59+,60-,61-,62+,63+,64-;. The first-order valence-electron chi connectivity index (χ1n) is 46.0. The van der Waals surface area contributed by atoms with E-state index in [1.165, 1.54) is 148 Å². The Labute approximate surface area is 750 Å². The second kappa shape index (κ2) is 78.9. The number of carbonyl (C=O) groups is 15. The van der Waals surface area contributed by atoms with Crippen LogP contribution >= 0.6 is 0 Å². The number of esters is 10. The van der Waals surface area contributed by atoms with E-state index >= 15 is 0 Å². The molecule has 0 rings (SSSR count). The molecule has 0 bridgehead atoms. The second-order valence-corrected chi connectivity index (χ2v) is 31.8. The van der Waals surface area contributed by atoms with Crippen LogP contribution in [0.25, 0.3) is 0 Å². The minimum absolute atomic E-state index is 0.153. The van der Waals surface area contributed by atoms with Crippen molar-refractivity contribution in [2.45, 2.75) is 383 Å². The predicted molar refractivity (Wildman–Crippen MR) is 475 cm³/mol. The third-order valence-corrected chi connectivity index (χ3v) is 19.7. The van der Waals surface area contributed by atoms with Crippen molar-refractivity contribution in [1.29, 1.82) is 0 Å². The summed E-state index contributed by atoms with van der Waals surface area (Å²) < 4.78 is 58.1. The van der Waals surface area contributed by atoms with Crippen LogP contribution in [-0.2, 0) is 124 Å². The van der Waals surface area contributed by atoms with Gasteiger partial charge in [-0.05, 0) is 19.8 Å². The number of unbranched alkanes of at least 4 members (excludes halogenated alkanes) is 28. The first kappa shape index (κ1) is 120. The van der Waals surface area contributed by atoms with E-state index in [9.17, 15) is 76.9 Å². The van der Waals surface area contributed by atoms with Crippen molar-refractivity contribution >= 4 is 111 Å². The largest absolute Gasteiger partial charge is 0.462 e. The SMILES string of the molecule is CCCCCCC(CCCCCCNB(C)O)CN=BOCCCCCNB(C)O.CCNC(=O)CCCCCCCCCCCCCCCCCCCCCCCNC(=O)CCC(=O)N(CCNC(=O)[C@@H](OC(C)=O)[C@H](OC(C)=O)[C@@H](OC(C)=O)[C@@H](COC(C)=O)OC(C)=O)CCNC(=O)[C@H](OC(C)=O)[C@@H](OC(C)=O)[C@H](OC(C)=O)[C@H](COC(C)=O)OC(C)=O. The molecule has 1 unspecified atom stereocenters. The van der Waals surface area contributed by atoms with Crippen LogP contribution in [0.5, 0.6) is 0 Å². The molecule has 0 aromatic rings. The Morgan fingerprint density at radius 2 is 0.683 bits per heavy atom. The van der Waals surface area contributed by atoms with E-state index in [2.05, 4.69) is 43.5 Å². The molecule has 0 saturated heterocycles. The zero-order valence-corrected chi connectivity index (χ0v) is 78.5. The summed E-state index contributed by atoms with van der Waals surface area (Å²) in [7, 11) is 0.842. The van der Waals surface area contributed by atoms with Gasteiger partial charge in [-0.15, -0.1) is 0 Å². The van der Waals surface area contributed by atoms with Gasteiger partial charge in [0.25, 0.3) is 11.8 Å². The van der Waals surface area contributed by atoms with Crippen molar-refractivity contribution in [3.8, 4) is 0 Å². The van der Waals surface area contributed by atoms with Gasteiger partial charge in [0.2, 0.25) is 29.9 Å². The average molecular weight is 1800 g/mol. The first-order valence-corrected chi connectivity index (χ1v) is 46.0. The van der Waals surface area contributed by atoms with E-state index in [-0.39, 0.29) is 12.3 Å². The number of ether oxygens (including phenoxy) is 10. The van der Waals surface area contributed by atoms with Gasteiger partial charge in [-0.3, -0.25) is 71.9 Å². The summed E-state index contributed by atoms with van der Waals surface area (Å²) in [5.74, 6) is -13.2. The molecule has 0 aromatic heterocycles. The Hall–Kier alpha value is -8.32. The number of hydrogen-bond donors (Lipinski definition) is 8. The Morgan fingerprint density at radius 3 is 1.04 bits per heavy atom. The fourth-order valence-corrected chi connectivity index (χ4v) is 13.6. The van der Waals surface area contributed by atoms with Gasteiger partial charge in [0.15, 0.2) is 36.6 Å². The number of rotatable bonds is 77. The quantitative estimate of drug-likeness (QED) is 0.0122. The third-order valence-electron chi connectivity index (χ3n) is 19.7. The Morgan fingerprint density at radius 1 is 0.349 bits per heavy atom. The number of hydrogen-bond acceptors (Lipinski definition) is 31. The zero-order chi connectivity index (χ0) is 94.7. The van der Waals surface area contributed by atoms with Crippen molar-refractivity contribution in [2.24, 2.45) is 10.8 Å². The molecule has 722 valence electrons. The van der Waals surface area contributed by atoms with Crippen LogP contribution in [0.1, 0.15) is 321 Å². The summed E-state index contributed by atoms with van der Waals surface area (Å²) in [4.78, 5) is 196. The van der Waals surface area contributed by atoms with Gasteiger partial charge in [-0.2, -0.15) is 0 Å². The summed E-state index contributed by atoms with van der Waals surface area (Å²) in [6.07, 6.45) is 24.2. The zero-order valence-electron chi connectivity index (χ0n) is 78.5. The van der Waals surface area contributed by atoms with Gasteiger partial charge in [-0.25, -0.2) is 0 Å². The molecule has 0 aliphatic heterocycles. The maximum Gasteiger partial charge on any atom is 0.303 e. The van der Waals surface area contributed by atoms with Crippen LogP contribution in [0, 0.1) is 5.92 Å². The summed E-state index contributed by atoms with van der Waals surface area (Å²) in [6.45, 7) is 17.9. The molecule has 5 amide bonds. The molecule has 39 heteroatoms. The number of nitrogens with zero attached hydrogens (tertiary/aromatic N) is 2. The number of nitrogens with one attached hydrogen (secondary N) is 6. The van der Waals surface area contributed by atoms with Crippen LogP contribution in [0.2, 0.25) is 13.6 Å². The van der Waals surface area contributed by atoms with Crippen LogP contribution in [0.4, 0.5) is 0 Å². The van der Waals surface area contributed by atoms with Gasteiger partial charge in [0, 0.05) is 128 Å². The maximum absolute atomic E-state index is 14.1. The van der Waals surface area contributed by atoms with Crippen molar-refractivity contribution < 1.29 is 134 Å². The van der Waals surface area contributed by atoms with Crippen molar-refractivity contribution in [3.05, 3.63) is 0 Å². The minimum Gasteiger partial charge on any atom is -0.462 e. The number of carbonyl (C=O) groups excluding carboxylic acids is 15. The molecular formula is C87H157B3N8O28. The number of amides is 5. The minimum atomic E-state index is -2.19. The van der Waals surface area contributed by atoms with Gasteiger partial charge in [0.1, 0.15) is 13.2 Å². The summed E-state index contributed by atoms with van der Waals surface area (Å²) in [6, 6.07) is 0. The molecule has 0 heterocycles. The predicted octanol–water partition coefficient (Wildman–Crippen LogP) is 9.15. The van der Waals surface area contributed by atoms with E-state index in [1.54, 1.807) is 20.9 Å². The molecule has 0 aromatic carbocycles. The average Bonchev–Trinajstić information content (AvgIpc) is 0.822. The molecule has 0 radical (unpaired) electrons. The second-order valence-electron chi connectivity index (χ2n) is 31.8. The van der Waals surface area contributed by atoms with Crippen molar-refractivity contribution in [2.75, 3.05) is 78.7 Å². The first-order chi connectivity index (χ1) is 60.0. The topological polar surface area (TPSA) is 486 Å². The molecule has 0 fully saturated rings. The normalized spacial score (nSPS) is 13.0. The molecule has 126 heavy (non-hydrogen) atoms. The summed E-state index contributed by atoms with van der Waals surface area (Å²) in [5.41, 5.74) is 0. The summed E-state index contributed by atoms with van der Waals surface area (Å²) in [5, 5.41) is 34.9. The van der Waals surface area contributed by atoms with E-state index in [0.717, 1.165) is 165 Å². The van der Waals surface area contributed by atoms with Crippen LogP contribution < -0.4 is 31.7 Å². The van der Waals surface area contributed by atoms with Gasteiger partial charge in [0.05, 0.1) is 0 Å². The summed E-state index contributed by atoms with van der Waals surface area (Å²) >= 11 is 0. The molecule has 8 N–H and O–H groups in total. The van der Waals surface area contributed by atoms with Crippen molar-refractivity contribution in [3.63, 3.8) is 0 Å². The molecule has 9 atom stereocenters. The molecule has 0 spiro atoms. The van der Waals surface area contributed by atoms with Crippen LogP contribution in [0.3, 0.4) is 0 Å². The Kier molecular flexibility index (Phi) is 75.0. The van der Waals surface area contributed by atoms with E-state index in [0.29, 0.717) is 31.8 Å². The van der Waals surface area contributed by atoms with Crippen LogP contribution in [-0.4, -0.2) is 253 Å². The van der Waals surface area contributed by atoms with Crippen molar-refractivity contribution in [1.82, 2.24) is 36.6 Å². The third kappa shape index (κ3) is 71.7. The Bertz CT molecular complexity index is 2970. The van der Waals surface area contributed by atoms with E-state index in [1.807, 2.05) is 6.92 Å². The van der Waals surface area contributed by atoms with Crippen LogP contribution in [0.15, 0.2) is 4.90 Å². The van der Waals surface area contributed by atoms with E-state index < -0.39 is 192 Å². The van der Waals surface area contributed by atoms with Gasteiger partial charge < -0.3 is 73.5 Å². The Balaban J connectivity index is 0. The molecule has 36 nitrogen and oxygen atoms in total.